The van der Waals surface area contributed by atoms with E-state index in [0.29, 0.717) is 0 Å². The van der Waals surface area contributed by atoms with Gasteiger partial charge in [-0.05, 0) is 38.3 Å². The van der Waals surface area contributed by atoms with Crippen LogP contribution in [0.15, 0.2) is 6.07 Å². The minimum absolute atomic E-state index is 0.0357. The van der Waals surface area contributed by atoms with Crippen LogP contribution in [-0.2, 0) is 0 Å². The summed E-state index contributed by atoms with van der Waals surface area (Å²) in [7, 11) is 0. The van der Waals surface area contributed by atoms with Crippen molar-refractivity contribution in [2.45, 2.75) is 51.6 Å². The fourth-order valence-corrected chi connectivity index (χ4v) is 3.20. The zero-order valence-electron chi connectivity index (χ0n) is 10.5. The van der Waals surface area contributed by atoms with E-state index in [2.05, 4.69) is 5.32 Å². The maximum Gasteiger partial charge on any atom is 0.261 e. The predicted octanol–water partition coefficient (Wildman–Crippen LogP) is 2.36. The summed E-state index contributed by atoms with van der Waals surface area (Å²) in [6.07, 6.45) is 4.38. The standard InChI is InChI=1S/C13H20N2OS/c1-8-7-12(17-9(8)2)13(16)15-11-6-4-3-5-10(11)14/h7,10-11H,3-6,14H2,1-2H3,(H,15,16). The van der Waals surface area contributed by atoms with Crippen molar-refractivity contribution in [3.8, 4) is 0 Å². The molecule has 2 rings (SSSR count). The lowest BCUT2D eigenvalue weighted by molar-refractivity contribution is 0.0925. The first-order valence-electron chi connectivity index (χ1n) is 6.21. The number of hydrogen-bond acceptors (Lipinski definition) is 3. The van der Waals surface area contributed by atoms with E-state index in [1.807, 2.05) is 19.9 Å². The number of nitrogens with one attached hydrogen (secondary N) is 1. The number of thiophene rings is 1. The third-order valence-corrected chi connectivity index (χ3v) is 4.68. The van der Waals surface area contributed by atoms with E-state index < -0.39 is 0 Å². The smallest absolute Gasteiger partial charge is 0.261 e. The van der Waals surface area contributed by atoms with Gasteiger partial charge >= 0.3 is 0 Å². The van der Waals surface area contributed by atoms with Crippen molar-refractivity contribution in [1.29, 1.82) is 0 Å². The van der Waals surface area contributed by atoms with Gasteiger partial charge in [-0.15, -0.1) is 11.3 Å². The molecule has 0 aromatic carbocycles. The molecule has 0 aliphatic heterocycles. The molecule has 4 heteroatoms. The average molecular weight is 252 g/mol. The Labute approximate surface area is 106 Å². The van der Waals surface area contributed by atoms with Crippen molar-refractivity contribution < 1.29 is 4.79 Å². The molecule has 1 aromatic rings. The van der Waals surface area contributed by atoms with E-state index in [1.54, 1.807) is 11.3 Å². The summed E-state index contributed by atoms with van der Waals surface area (Å²) < 4.78 is 0. The van der Waals surface area contributed by atoms with Crippen molar-refractivity contribution in [3.63, 3.8) is 0 Å². The van der Waals surface area contributed by atoms with Gasteiger partial charge in [-0.3, -0.25) is 4.79 Å². The fourth-order valence-electron chi connectivity index (χ4n) is 2.26. The first-order chi connectivity index (χ1) is 8.08. The maximum atomic E-state index is 12.1. The molecular weight excluding hydrogens is 232 g/mol. The van der Waals surface area contributed by atoms with E-state index in [1.165, 1.54) is 23.3 Å². The minimum Gasteiger partial charge on any atom is -0.347 e. The van der Waals surface area contributed by atoms with Gasteiger partial charge in [0, 0.05) is 17.0 Å². The van der Waals surface area contributed by atoms with E-state index in [4.69, 9.17) is 5.73 Å². The summed E-state index contributed by atoms with van der Waals surface area (Å²) in [4.78, 5) is 14.1. The van der Waals surface area contributed by atoms with Crippen LogP contribution in [0.4, 0.5) is 0 Å². The predicted molar refractivity (Wildman–Crippen MR) is 71.5 cm³/mol. The molecule has 1 amide bonds. The van der Waals surface area contributed by atoms with Crippen molar-refractivity contribution in [3.05, 3.63) is 21.4 Å². The van der Waals surface area contributed by atoms with Crippen LogP contribution in [0.2, 0.25) is 0 Å². The van der Waals surface area contributed by atoms with Gasteiger partial charge in [0.25, 0.3) is 5.91 Å². The molecule has 3 nitrogen and oxygen atoms in total. The second-order valence-corrected chi connectivity index (χ2v) is 6.13. The SMILES string of the molecule is Cc1cc(C(=O)NC2CCCCC2N)sc1C. The molecule has 3 N–H and O–H groups in total. The van der Waals surface area contributed by atoms with E-state index in [-0.39, 0.29) is 18.0 Å². The van der Waals surface area contributed by atoms with Crippen molar-refractivity contribution >= 4 is 17.2 Å². The molecule has 1 heterocycles. The quantitative estimate of drug-likeness (QED) is 0.849. The van der Waals surface area contributed by atoms with Crippen LogP contribution in [0.25, 0.3) is 0 Å². The first-order valence-corrected chi connectivity index (χ1v) is 7.03. The van der Waals surface area contributed by atoms with Crippen LogP contribution >= 0.6 is 11.3 Å². The van der Waals surface area contributed by atoms with Crippen LogP contribution in [-0.4, -0.2) is 18.0 Å². The van der Waals surface area contributed by atoms with Gasteiger partial charge in [0.05, 0.1) is 4.88 Å². The van der Waals surface area contributed by atoms with Gasteiger partial charge in [-0.2, -0.15) is 0 Å². The topological polar surface area (TPSA) is 55.1 Å². The molecule has 2 unspecified atom stereocenters. The number of amides is 1. The molecule has 1 fully saturated rings. The van der Waals surface area contributed by atoms with Gasteiger partial charge in [0.15, 0.2) is 0 Å². The molecule has 1 saturated carbocycles. The molecule has 0 spiro atoms. The fraction of sp³-hybridized carbons (Fsp3) is 0.615. The summed E-state index contributed by atoms with van der Waals surface area (Å²) in [6, 6.07) is 2.23. The normalized spacial score (nSPS) is 24.6. The summed E-state index contributed by atoms with van der Waals surface area (Å²) >= 11 is 1.56. The summed E-state index contributed by atoms with van der Waals surface area (Å²) in [6.45, 7) is 4.08. The third-order valence-electron chi connectivity index (χ3n) is 3.53. The Morgan fingerprint density at radius 1 is 1.41 bits per heavy atom. The van der Waals surface area contributed by atoms with Gasteiger partial charge in [-0.25, -0.2) is 0 Å². The van der Waals surface area contributed by atoms with Gasteiger partial charge < -0.3 is 11.1 Å². The highest BCUT2D eigenvalue weighted by molar-refractivity contribution is 7.14. The van der Waals surface area contributed by atoms with Gasteiger partial charge in [0.2, 0.25) is 0 Å². The summed E-state index contributed by atoms with van der Waals surface area (Å²) in [5.74, 6) is 0.0357. The highest BCUT2D eigenvalue weighted by atomic mass is 32.1. The molecule has 2 atom stereocenters. The second kappa shape index (κ2) is 5.19. The second-order valence-electron chi connectivity index (χ2n) is 4.88. The van der Waals surface area contributed by atoms with Crippen molar-refractivity contribution in [2.24, 2.45) is 5.73 Å². The zero-order valence-corrected chi connectivity index (χ0v) is 11.3. The molecule has 0 saturated heterocycles. The number of nitrogens with two attached hydrogens (primary N) is 1. The van der Waals surface area contributed by atoms with Crippen LogP contribution < -0.4 is 11.1 Å². The lowest BCUT2D eigenvalue weighted by atomic mass is 9.91. The van der Waals surface area contributed by atoms with Gasteiger partial charge in [-0.1, -0.05) is 12.8 Å². The van der Waals surface area contributed by atoms with E-state index in [9.17, 15) is 4.79 Å². The average Bonchev–Trinajstić information content (AvgIpc) is 2.63. The van der Waals surface area contributed by atoms with Crippen molar-refractivity contribution in [2.75, 3.05) is 0 Å². The molecular formula is C13H20N2OS. The van der Waals surface area contributed by atoms with Crippen LogP contribution in [0, 0.1) is 13.8 Å². The van der Waals surface area contributed by atoms with E-state index >= 15 is 0 Å². The van der Waals surface area contributed by atoms with Crippen molar-refractivity contribution in [1.82, 2.24) is 5.32 Å². The molecule has 1 aliphatic rings. The Kier molecular flexibility index (Phi) is 3.84. The molecule has 1 aliphatic carbocycles. The Morgan fingerprint density at radius 3 is 2.71 bits per heavy atom. The Morgan fingerprint density at radius 2 is 2.12 bits per heavy atom. The van der Waals surface area contributed by atoms with Crippen LogP contribution in [0.1, 0.15) is 45.8 Å². The Bertz CT molecular complexity index is 394. The van der Waals surface area contributed by atoms with Crippen LogP contribution in [0.5, 0.6) is 0 Å². The minimum atomic E-state index is 0.0357. The lowest BCUT2D eigenvalue weighted by Crippen LogP contribution is -2.49. The molecule has 0 radical (unpaired) electrons. The maximum absolute atomic E-state index is 12.1. The Hall–Kier alpha value is -0.870. The number of aryl methyl sites for hydroxylation is 2. The number of carbonyl (C=O) groups excluding carboxylic acids is 1. The molecule has 17 heavy (non-hydrogen) atoms. The first kappa shape index (κ1) is 12.6. The molecule has 1 aromatic heterocycles. The lowest BCUT2D eigenvalue weighted by Gasteiger charge is -2.29. The zero-order chi connectivity index (χ0) is 12.4. The highest BCUT2D eigenvalue weighted by Gasteiger charge is 2.24. The van der Waals surface area contributed by atoms with Gasteiger partial charge in [0.1, 0.15) is 0 Å². The number of hydrogen-bond donors (Lipinski definition) is 2. The molecule has 0 bridgehead atoms. The number of rotatable bonds is 2. The largest absolute Gasteiger partial charge is 0.347 e. The highest BCUT2D eigenvalue weighted by Crippen LogP contribution is 2.22. The summed E-state index contributed by atoms with van der Waals surface area (Å²) in [5.41, 5.74) is 7.22. The number of carbonyl (C=O) groups is 1. The Balaban J connectivity index is 2.01. The summed E-state index contributed by atoms with van der Waals surface area (Å²) in [5, 5.41) is 3.07. The van der Waals surface area contributed by atoms with Crippen LogP contribution in [0.3, 0.4) is 0 Å². The van der Waals surface area contributed by atoms with E-state index in [0.717, 1.165) is 17.7 Å². The monoisotopic (exact) mass is 252 g/mol. The molecule has 94 valence electrons. The third kappa shape index (κ3) is 2.87.